The van der Waals surface area contributed by atoms with Gasteiger partial charge in [-0.1, -0.05) is 66.2 Å². The van der Waals surface area contributed by atoms with E-state index in [0.29, 0.717) is 0 Å². The van der Waals surface area contributed by atoms with Gasteiger partial charge in [0.1, 0.15) is 0 Å². The molecule has 2 aromatic carbocycles. The van der Waals surface area contributed by atoms with Crippen molar-refractivity contribution in [3.63, 3.8) is 0 Å². The van der Waals surface area contributed by atoms with Gasteiger partial charge in [0.2, 0.25) is 0 Å². The first kappa shape index (κ1) is 14.3. The minimum Gasteiger partial charge on any atom is -0.320 e. The second kappa shape index (κ2) is 6.02. The van der Waals surface area contributed by atoms with E-state index in [0.717, 1.165) is 21.0 Å². The first-order valence-electron chi connectivity index (χ1n) is 6.81. The molecule has 106 valence electrons. The van der Waals surface area contributed by atoms with Crippen molar-refractivity contribution in [2.75, 3.05) is 0 Å². The third kappa shape index (κ3) is 2.88. The van der Waals surface area contributed by atoms with Gasteiger partial charge < -0.3 is 5.73 Å². The molecule has 3 heteroatoms. The van der Waals surface area contributed by atoms with E-state index in [4.69, 9.17) is 17.3 Å². The van der Waals surface area contributed by atoms with Crippen LogP contribution in [0.3, 0.4) is 0 Å². The third-order valence-electron chi connectivity index (χ3n) is 3.58. The number of halogens is 1. The molecule has 2 N–H and O–H groups in total. The van der Waals surface area contributed by atoms with Crippen molar-refractivity contribution in [2.45, 2.75) is 13.0 Å². The number of benzene rings is 2. The van der Waals surface area contributed by atoms with Gasteiger partial charge in [0.15, 0.2) is 0 Å². The monoisotopic (exact) mass is 313 g/mol. The Bertz CT molecular complexity index is 732. The normalized spacial score (nSPS) is 12.3. The lowest BCUT2D eigenvalue weighted by Gasteiger charge is -2.12. The van der Waals surface area contributed by atoms with E-state index in [1.54, 1.807) is 11.3 Å². The van der Waals surface area contributed by atoms with Crippen LogP contribution in [0.15, 0.2) is 60.0 Å². The summed E-state index contributed by atoms with van der Waals surface area (Å²) in [5, 5.41) is 2.84. The van der Waals surface area contributed by atoms with Crippen molar-refractivity contribution in [3.05, 3.63) is 81.0 Å². The Morgan fingerprint density at radius 1 is 0.952 bits per heavy atom. The Kier molecular flexibility index (Phi) is 4.11. The number of nitrogens with two attached hydrogens (primary N) is 1. The van der Waals surface area contributed by atoms with Crippen LogP contribution in [0.2, 0.25) is 5.02 Å². The summed E-state index contributed by atoms with van der Waals surface area (Å²) >= 11 is 7.93. The van der Waals surface area contributed by atoms with Crippen LogP contribution >= 0.6 is 22.9 Å². The fraction of sp³-hybridized carbons (Fsp3) is 0.111. The molecule has 0 aliphatic carbocycles. The highest BCUT2D eigenvalue weighted by molar-refractivity contribution is 7.10. The van der Waals surface area contributed by atoms with Crippen molar-refractivity contribution in [2.24, 2.45) is 5.73 Å². The summed E-state index contributed by atoms with van der Waals surface area (Å²) in [6.45, 7) is 2.01. The molecule has 0 saturated heterocycles. The molecule has 0 bridgehead atoms. The topological polar surface area (TPSA) is 26.0 Å². The fourth-order valence-corrected chi connectivity index (χ4v) is 3.66. The van der Waals surface area contributed by atoms with Crippen LogP contribution in [0.5, 0.6) is 0 Å². The van der Waals surface area contributed by atoms with Gasteiger partial charge in [0, 0.05) is 4.88 Å². The molecule has 0 saturated carbocycles. The lowest BCUT2D eigenvalue weighted by molar-refractivity contribution is 0.893. The van der Waals surface area contributed by atoms with Gasteiger partial charge in [-0.2, -0.15) is 0 Å². The summed E-state index contributed by atoms with van der Waals surface area (Å²) in [7, 11) is 0. The second-order valence-electron chi connectivity index (χ2n) is 5.06. The zero-order valence-electron chi connectivity index (χ0n) is 11.7. The number of thiophene rings is 1. The first-order chi connectivity index (χ1) is 10.2. The average Bonchev–Trinajstić information content (AvgIpc) is 2.87. The molecular formula is C18H16ClNS. The van der Waals surface area contributed by atoms with E-state index in [1.807, 2.05) is 25.1 Å². The SMILES string of the molecule is Cc1csc(C(N)c2ccc(-c3ccccc3)cc2)c1Cl. The van der Waals surface area contributed by atoms with Gasteiger partial charge in [-0.15, -0.1) is 11.3 Å². The molecule has 3 aromatic rings. The highest BCUT2D eigenvalue weighted by Crippen LogP contribution is 2.34. The smallest absolute Gasteiger partial charge is 0.0661 e. The van der Waals surface area contributed by atoms with Crippen molar-refractivity contribution in [1.29, 1.82) is 0 Å². The van der Waals surface area contributed by atoms with E-state index in [2.05, 4.69) is 41.8 Å². The minimum absolute atomic E-state index is 0.166. The molecule has 0 fully saturated rings. The Morgan fingerprint density at radius 2 is 1.57 bits per heavy atom. The largest absolute Gasteiger partial charge is 0.320 e. The number of hydrogen-bond acceptors (Lipinski definition) is 2. The van der Waals surface area contributed by atoms with Crippen molar-refractivity contribution in [3.8, 4) is 11.1 Å². The van der Waals surface area contributed by atoms with Crippen molar-refractivity contribution < 1.29 is 0 Å². The molecule has 0 aliphatic heterocycles. The van der Waals surface area contributed by atoms with Gasteiger partial charge >= 0.3 is 0 Å². The van der Waals surface area contributed by atoms with Gasteiger partial charge in [0.25, 0.3) is 0 Å². The molecule has 0 spiro atoms. The number of rotatable bonds is 3. The molecule has 0 amide bonds. The van der Waals surface area contributed by atoms with Crippen LogP contribution in [0.4, 0.5) is 0 Å². The van der Waals surface area contributed by atoms with Gasteiger partial charge in [0.05, 0.1) is 11.1 Å². The van der Waals surface area contributed by atoms with Crippen LogP contribution in [-0.2, 0) is 0 Å². The van der Waals surface area contributed by atoms with E-state index in [1.165, 1.54) is 11.1 Å². The number of aryl methyl sites for hydroxylation is 1. The molecule has 1 nitrogen and oxygen atoms in total. The van der Waals surface area contributed by atoms with Crippen LogP contribution in [0, 0.1) is 6.92 Å². The van der Waals surface area contributed by atoms with E-state index < -0.39 is 0 Å². The number of hydrogen-bond donors (Lipinski definition) is 1. The van der Waals surface area contributed by atoms with Gasteiger partial charge in [-0.3, -0.25) is 0 Å². The maximum absolute atomic E-state index is 6.35. The molecule has 1 heterocycles. The third-order valence-corrected chi connectivity index (χ3v) is 5.38. The zero-order valence-corrected chi connectivity index (χ0v) is 13.3. The van der Waals surface area contributed by atoms with Crippen LogP contribution in [0.25, 0.3) is 11.1 Å². The maximum atomic E-state index is 6.35. The van der Waals surface area contributed by atoms with E-state index in [9.17, 15) is 0 Å². The zero-order chi connectivity index (χ0) is 14.8. The quantitative estimate of drug-likeness (QED) is 0.686. The lowest BCUT2D eigenvalue weighted by Crippen LogP contribution is -2.10. The summed E-state index contributed by atoms with van der Waals surface area (Å²) in [6, 6.07) is 18.5. The van der Waals surface area contributed by atoms with Crippen molar-refractivity contribution >= 4 is 22.9 Å². The van der Waals surface area contributed by atoms with Gasteiger partial charge in [-0.25, -0.2) is 0 Å². The Balaban J connectivity index is 1.89. The Morgan fingerprint density at radius 3 is 2.14 bits per heavy atom. The van der Waals surface area contributed by atoms with Crippen LogP contribution < -0.4 is 5.73 Å². The molecule has 1 unspecified atom stereocenters. The standard InChI is InChI=1S/C18H16ClNS/c1-12-11-21-18(16(12)19)17(20)15-9-7-14(8-10-15)13-5-3-2-4-6-13/h2-11,17H,20H2,1H3. The summed E-state index contributed by atoms with van der Waals surface area (Å²) < 4.78 is 0. The van der Waals surface area contributed by atoms with E-state index in [-0.39, 0.29) is 6.04 Å². The van der Waals surface area contributed by atoms with Crippen molar-refractivity contribution in [1.82, 2.24) is 0 Å². The Hall–Kier alpha value is -1.61. The van der Waals surface area contributed by atoms with Crippen LogP contribution in [0.1, 0.15) is 22.0 Å². The predicted octanol–water partition coefficient (Wildman–Crippen LogP) is 5.43. The lowest BCUT2D eigenvalue weighted by atomic mass is 10.0. The Labute approximate surface area is 134 Å². The highest BCUT2D eigenvalue weighted by atomic mass is 35.5. The molecular weight excluding hydrogens is 298 g/mol. The predicted molar refractivity (Wildman–Crippen MR) is 92.0 cm³/mol. The minimum atomic E-state index is -0.166. The highest BCUT2D eigenvalue weighted by Gasteiger charge is 2.16. The molecule has 0 aliphatic rings. The maximum Gasteiger partial charge on any atom is 0.0661 e. The summed E-state index contributed by atoms with van der Waals surface area (Å²) in [5.41, 5.74) is 10.9. The molecule has 0 radical (unpaired) electrons. The molecule has 3 rings (SSSR count). The average molecular weight is 314 g/mol. The van der Waals surface area contributed by atoms with Gasteiger partial charge in [-0.05, 0) is 34.6 Å². The fourth-order valence-electron chi connectivity index (χ4n) is 2.32. The molecule has 21 heavy (non-hydrogen) atoms. The summed E-state index contributed by atoms with van der Waals surface area (Å²) in [5.74, 6) is 0. The molecule has 1 aromatic heterocycles. The summed E-state index contributed by atoms with van der Waals surface area (Å²) in [6.07, 6.45) is 0. The van der Waals surface area contributed by atoms with E-state index >= 15 is 0 Å². The van der Waals surface area contributed by atoms with Crippen LogP contribution in [-0.4, -0.2) is 0 Å². The second-order valence-corrected chi connectivity index (χ2v) is 6.35. The molecule has 1 atom stereocenters. The first-order valence-corrected chi connectivity index (χ1v) is 8.07. The summed E-state index contributed by atoms with van der Waals surface area (Å²) in [4.78, 5) is 1.03.